The maximum Gasteiger partial charge on any atom is 0.322 e. The Morgan fingerprint density at radius 3 is 2.71 bits per heavy atom. The quantitative estimate of drug-likeness (QED) is 0.716. The molecule has 3 atom stereocenters. The zero-order valence-electron chi connectivity index (χ0n) is 11.2. The molecular formula is C13H26N2O2. The number of esters is 1. The van der Waals surface area contributed by atoms with Crippen LogP contribution in [0, 0.1) is 5.92 Å². The van der Waals surface area contributed by atoms with Gasteiger partial charge in [-0.3, -0.25) is 4.79 Å². The fourth-order valence-electron chi connectivity index (χ4n) is 2.51. The van der Waals surface area contributed by atoms with Gasteiger partial charge in [0.25, 0.3) is 0 Å². The summed E-state index contributed by atoms with van der Waals surface area (Å²) in [5, 5.41) is 3.41. The van der Waals surface area contributed by atoms with Crippen LogP contribution in [0.15, 0.2) is 0 Å². The number of hydrogen-bond acceptors (Lipinski definition) is 4. The second-order valence-corrected chi connectivity index (χ2v) is 5.50. The van der Waals surface area contributed by atoms with Crippen LogP contribution in [0.1, 0.15) is 46.0 Å². The molecule has 0 aromatic carbocycles. The highest BCUT2D eigenvalue weighted by atomic mass is 16.5. The molecule has 1 fully saturated rings. The maximum absolute atomic E-state index is 11.7. The average molecular weight is 242 g/mol. The van der Waals surface area contributed by atoms with Crippen LogP contribution in [0.4, 0.5) is 0 Å². The Morgan fingerprint density at radius 2 is 2.18 bits per heavy atom. The lowest BCUT2D eigenvalue weighted by molar-refractivity contribution is -0.143. The summed E-state index contributed by atoms with van der Waals surface area (Å²) in [6, 6.07) is 0.454. The highest BCUT2D eigenvalue weighted by molar-refractivity contribution is 5.75. The molecule has 1 saturated carbocycles. The first-order valence-electron chi connectivity index (χ1n) is 6.62. The molecule has 3 N–H and O–H groups in total. The highest BCUT2D eigenvalue weighted by Crippen LogP contribution is 2.18. The van der Waals surface area contributed by atoms with Crippen LogP contribution in [0.5, 0.6) is 0 Å². The van der Waals surface area contributed by atoms with E-state index in [1.165, 1.54) is 7.11 Å². The van der Waals surface area contributed by atoms with Crippen molar-refractivity contribution in [3.63, 3.8) is 0 Å². The van der Waals surface area contributed by atoms with Crippen LogP contribution in [-0.4, -0.2) is 31.2 Å². The summed E-state index contributed by atoms with van der Waals surface area (Å²) in [4.78, 5) is 11.7. The molecular weight excluding hydrogens is 216 g/mol. The SMILES string of the molecule is COC(=O)C(CC(C)C)NC1CCCC(N)C1. The topological polar surface area (TPSA) is 64.3 Å². The largest absolute Gasteiger partial charge is 0.468 e. The smallest absolute Gasteiger partial charge is 0.322 e. The third kappa shape index (κ3) is 5.04. The minimum absolute atomic E-state index is 0.155. The third-order valence-electron chi connectivity index (χ3n) is 3.34. The molecule has 0 aromatic rings. The summed E-state index contributed by atoms with van der Waals surface area (Å²) in [6.07, 6.45) is 5.14. The van der Waals surface area contributed by atoms with E-state index in [-0.39, 0.29) is 18.1 Å². The number of ether oxygens (including phenoxy) is 1. The van der Waals surface area contributed by atoms with E-state index in [1.54, 1.807) is 0 Å². The zero-order valence-corrected chi connectivity index (χ0v) is 11.2. The second-order valence-electron chi connectivity index (χ2n) is 5.50. The number of nitrogens with one attached hydrogen (secondary N) is 1. The van der Waals surface area contributed by atoms with Crippen molar-refractivity contribution in [2.75, 3.05) is 7.11 Å². The first-order valence-corrected chi connectivity index (χ1v) is 6.62. The van der Waals surface area contributed by atoms with E-state index in [9.17, 15) is 4.79 Å². The molecule has 3 unspecified atom stereocenters. The molecule has 0 radical (unpaired) electrons. The molecule has 1 rings (SSSR count). The molecule has 1 aliphatic rings. The van der Waals surface area contributed by atoms with E-state index in [4.69, 9.17) is 10.5 Å². The first-order chi connectivity index (χ1) is 8.02. The molecule has 1 aliphatic carbocycles. The lowest BCUT2D eigenvalue weighted by atomic mass is 9.90. The fraction of sp³-hybridized carbons (Fsp3) is 0.923. The number of hydrogen-bond donors (Lipinski definition) is 2. The van der Waals surface area contributed by atoms with Crippen molar-refractivity contribution in [3.05, 3.63) is 0 Å². The molecule has 100 valence electrons. The monoisotopic (exact) mass is 242 g/mol. The first kappa shape index (κ1) is 14.5. The van der Waals surface area contributed by atoms with E-state index in [2.05, 4.69) is 19.2 Å². The van der Waals surface area contributed by atoms with Gasteiger partial charge in [-0.1, -0.05) is 20.3 Å². The van der Waals surface area contributed by atoms with Crippen molar-refractivity contribution in [2.45, 2.75) is 64.1 Å². The van der Waals surface area contributed by atoms with Gasteiger partial charge >= 0.3 is 5.97 Å². The number of nitrogens with two attached hydrogens (primary N) is 1. The van der Waals surface area contributed by atoms with E-state index in [1.807, 2.05) is 0 Å². The van der Waals surface area contributed by atoms with Gasteiger partial charge in [0, 0.05) is 12.1 Å². The highest BCUT2D eigenvalue weighted by Gasteiger charge is 2.26. The van der Waals surface area contributed by atoms with Crippen molar-refractivity contribution in [3.8, 4) is 0 Å². The van der Waals surface area contributed by atoms with Crippen LogP contribution in [0.25, 0.3) is 0 Å². The predicted molar refractivity (Wildman–Crippen MR) is 68.6 cm³/mol. The maximum atomic E-state index is 11.7. The van der Waals surface area contributed by atoms with Gasteiger partial charge in [0.2, 0.25) is 0 Å². The Kier molecular flexibility index (Phi) is 5.92. The van der Waals surface area contributed by atoms with Crippen molar-refractivity contribution in [2.24, 2.45) is 11.7 Å². The summed E-state index contributed by atoms with van der Waals surface area (Å²) in [5.41, 5.74) is 5.95. The van der Waals surface area contributed by atoms with Gasteiger partial charge in [-0.2, -0.15) is 0 Å². The van der Waals surface area contributed by atoms with Gasteiger partial charge < -0.3 is 15.8 Å². The zero-order chi connectivity index (χ0) is 12.8. The Morgan fingerprint density at radius 1 is 1.47 bits per heavy atom. The van der Waals surface area contributed by atoms with Gasteiger partial charge in [0.1, 0.15) is 6.04 Å². The van der Waals surface area contributed by atoms with Gasteiger partial charge in [-0.15, -0.1) is 0 Å². The minimum Gasteiger partial charge on any atom is -0.468 e. The summed E-state index contributed by atoms with van der Waals surface area (Å²) in [5.74, 6) is 0.321. The molecule has 4 nitrogen and oxygen atoms in total. The van der Waals surface area contributed by atoms with E-state index in [0.29, 0.717) is 12.0 Å². The molecule has 0 heterocycles. The van der Waals surface area contributed by atoms with Gasteiger partial charge in [0.05, 0.1) is 7.11 Å². The average Bonchev–Trinajstić information content (AvgIpc) is 2.26. The minimum atomic E-state index is -0.185. The molecule has 0 aliphatic heterocycles. The molecule has 0 saturated heterocycles. The summed E-state index contributed by atoms with van der Waals surface area (Å²) in [7, 11) is 1.45. The predicted octanol–water partition coefficient (Wildman–Crippen LogP) is 1.43. The summed E-state index contributed by atoms with van der Waals surface area (Å²) < 4.78 is 4.85. The third-order valence-corrected chi connectivity index (χ3v) is 3.34. The molecule has 17 heavy (non-hydrogen) atoms. The number of methoxy groups -OCH3 is 1. The van der Waals surface area contributed by atoms with E-state index in [0.717, 1.165) is 32.1 Å². The van der Waals surface area contributed by atoms with Gasteiger partial charge in [-0.25, -0.2) is 0 Å². The van der Waals surface area contributed by atoms with Crippen molar-refractivity contribution in [1.29, 1.82) is 0 Å². The Hall–Kier alpha value is -0.610. The van der Waals surface area contributed by atoms with Crippen molar-refractivity contribution in [1.82, 2.24) is 5.32 Å². The van der Waals surface area contributed by atoms with Crippen LogP contribution >= 0.6 is 0 Å². The van der Waals surface area contributed by atoms with Crippen LogP contribution in [0.2, 0.25) is 0 Å². The van der Waals surface area contributed by atoms with E-state index >= 15 is 0 Å². The molecule has 0 amide bonds. The van der Waals surface area contributed by atoms with Crippen LogP contribution in [0.3, 0.4) is 0 Å². The lowest BCUT2D eigenvalue weighted by Gasteiger charge is -2.30. The van der Waals surface area contributed by atoms with Gasteiger partial charge in [0.15, 0.2) is 0 Å². The second kappa shape index (κ2) is 6.97. The molecule has 0 spiro atoms. The van der Waals surface area contributed by atoms with Gasteiger partial charge in [-0.05, 0) is 31.6 Å². The number of carbonyl (C=O) groups excluding carboxylic acids is 1. The molecule has 0 aromatic heterocycles. The Balaban J connectivity index is 2.49. The standard InChI is InChI=1S/C13H26N2O2/c1-9(2)7-12(13(16)17-3)15-11-6-4-5-10(14)8-11/h9-12,15H,4-8,14H2,1-3H3. The van der Waals surface area contributed by atoms with Crippen molar-refractivity contribution >= 4 is 5.97 Å². The normalized spacial score (nSPS) is 26.9. The number of carbonyl (C=O) groups is 1. The molecule has 0 bridgehead atoms. The van der Waals surface area contributed by atoms with Crippen LogP contribution < -0.4 is 11.1 Å². The number of rotatable bonds is 5. The Labute approximate surface area is 104 Å². The fourth-order valence-corrected chi connectivity index (χ4v) is 2.51. The lowest BCUT2D eigenvalue weighted by Crippen LogP contribution is -2.48. The van der Waals surface area contributed by atoms with E-state index < -0.39 is 0 Å². The summed E-state index contributed by atoms with van der Waals surface area (Å²) in [6.45, 7) is 4.23. The van der Waals surface area contributed by atoms with Crippen molar-refractivity contribution < 1.29 is 9.53 Å². The molecule has 4 heteroatoms. The summed E-state index contributed by atoms with van der Waals surface area (Å²) >= 11 is 0. The van der Waals surface area contributed by atoms with Crippen LogP contribution in [-0.2, 0) is 9.53 Å². The Bertz CT molecular complexity index is 244.